The van der Waals surface area contributed by atoms with Crippen molar-refractivity contribution in [3.05, 3.63) is 53.0 Å². The zero-order valence-corrected chi connectivity index (χ0v) is 13.7. The number of hydrogen-bond donors (Lipinski definition) is 0. The predicted octanol–water partition coefficient (Wildman–Crippen LogP) is 5.04. The van der Waals surface area contributed by atoms with Crippen LogP contribution < -0.4 is 4.74 Å². The molecular weight excluding hydrogens is 316 g/mol. The summed E-state index contributed by atoms with van der Waals surface area (Å²) >= 11 is 3.74. The molecule has 1 aromatic carbocycles. The number of fused-ring (bicyclic) bond motifs is 1. The third kappa shape index (κ3) is 2.51. The lowest BCUT2D eigenvalue weighted by Crippen LogP contribution is -2.24. The molecule has 2 nitrogen and oxygen atoms in total. The molecule has 1 atom stereocenters. The third-order valence-corrected chi connectivity index (χ3v) is 4.64. The molecule has 0 radical (unpaired) electrons. The predicted molar refractivity (Wildman–Crippen MR) is 83.7 cm³/mol. The van der Waals surface area contributed by atoms with Crippen molar-refractivity contribution in [1.29, 1.82) is 0 Å². The highest BCUT2D eigenvalue weighted by Gasteiger charge is 2.30. The fraction of sp³-hybridized carbons (Fsp3) is 0.412. The minimum absolute atomic E-state index is 0.0943. The molecular formula is C17H19BrO2. The van der Waals surface area contributed by atoms with Gasteiger partial charge >= 0.3 is 0 Å². The van der Waals surface area contributed by atoms with Gasteiger partial charge in [-0.1, -0.05) is 35.0 Å². The van der Waals surface area contributed by atoms with E-state index in [1.54, 1.807) is 0 Å². The summed E-state index contributed by atoms with van der Waals surface area (Å²) in [5, 5.41) is 0. The maximum atomic E-state index is 5.92. The molecule has 3 heteroatoms. The van der Waals surface area contributed by atoms with Crippen LogP contribution in [-0.2, 0) is 12.8 Å². The van der Waals surface area contributed by atoms with Gasteiger partial charge in [-0.2, -0.15) is 0 Å². The first-order valence-electron chi connectivity index (χ1n) is 7.03. The van der Waals surface area contributed by atoms with Crippen molar-refractivity contribution in [1.82, 2.24) is 0 Å². The lowest BCUT2D eigenvalue weighted by Gasteiger charge is -2.16. The first-order chi connectivity index (χ1) is 9.48. The van der Waals surface area contributed by atoms with E-state index < -0.39 is 0 Å². The normalized spacial score (nSPS) is 17.6. The molecule has 1 unspecified atom stereocenters. The topological polar surface area (TPSA) is 22.4 Å². The van der Waals surface area contributed by atoms with E-state index >= 15 is 0 Å². The minimum Gasteiger partial charge on any atom is -0.487 e. The van der Waals surface area contributed by atoms with Gasteiger partial charge in [0.15, 0.2) is 0 Å². The highest BCUT2D eigenvalue weighted by Crippen LogP contribution is 2.39. The van der Waals surface area contributed by atoms with Crippen LogP contribution in [0.15, 0.2) is 34.7 Å². The molecule has 1 aliphatic heterocycles. The number of alkyl halides is 1. The number of halogens is 1. The summed E-state index contributed by atoms with van der Waals surface area (Å²) in [5.41, 5.74) is 2.39. The van der Waals surface area contributed by atoms with Crippen molar-refractivity contribution >= 4 is 15.9 Å². The maximum absolute atomic E-state index is 5.92. The molecule has 0 bridgehead atoms. The van der Waals surface area contributed by atoms with E-state index in [1.807, 2.05) is 12.1 Å². The average Bonchev–Trinajstić information content (AvgIpc) is 2.98. The number of benzene rings is 1. The van der Waals surface area contributed by atoms with E-state index in [9.17, 15) is 0 Å². The molecule has 20 heavy (non-hydrogen) atoms. The van der Waals surface area contributed by atoms with Gasteiger partial charge in [-0.25, -0.2) is 0 Å². The largest absolute Gasteiger partial charge is 0.487 e. The van der Waals surface area contributed by atoms with Gasteiger partial charge in [0.1, 0.15) is 22.9 Å². The van der Waals surface area contributed by atoms with Crippen molar-refractivity contribution in [2.45, 2.75) is 44.0 Å². The van der Waals surface area contributed by atoms with Crippen LogP contribution >= 0.6 is 15.9 Å². The van der Waals surface area contributed by atoms with Gasteiger partial charge in [0.05, 0.1) is 4.83 Å². The molecule has 0 aliphatic carbocycles. The Hall–Kier alpha value is -1.22. The van der Waals surface area contributed by atoms with Crippen molar-refractivity contribution in [2.24, 2.45) is 0 Å². The SMILES string of the molecule is CCc1ccc(C(Br)c2ccc3c(c2)CC(C)(C)O3)o1. The second kappa shape index (κ2) is 4.96. The minimum atomic E-state index is -0.0944. The van der Waals surface area contributed by atoms with Gasteiger partial charge in [-0.3, -0.25) is 0 Å². The van der Waals surface area contributed by atoms with Crippen LogP contribution in [0.4, 0.5) is 0 Å². The van der Waals surface area contributed by atoms with E-state index in [0.717, 1.165) is 30.1 Å². The highest BCUT2D eigenvalue weighted by molar-refractivity contribution is 9.09. The zero-order valence-electron chi connectivity index (χ0n) is 12.1. The number of rotatable bonds is 3. The second-order valence-corrected chi connectivity index (χ2v) is 6.84. The van der Waals surface area contributed by atoms with E-state index in [-0.39, 0.29) is 10.4 Å². The Kier molecular flexibility index (Phi) is 3.41. The van der Waals surface area contributed by atoms with E-state index in [0.29, 0.717) is 0 Å². The van der Waals surface area contributed by atoms with Crippen LogP contribution in [0, 0.1) is 0 Å². The molecule has 0 amide bonds. The summed E-state index contributed by atoms with van der Waals surface area (Å²) in [6, 6.07) is 10.5. The Labute approximate surface area is 128 Å². The van der Waals surface area contributed by atoms with Gasteiger partial charge in [0, 0.05) is 12.8 Å². The van der Waals surface area contributed by atoms with Crippen molar-refractivity contribution < 1.29 is 9.15 Å². The summed E-state index contributed by atoms with van der Waals surface area (Å²) in [6.07, 6.45) is 1.88. The quantitative estimate of drug-likeness (QED) is 0.733. The van der Waals surface area contributed by atoms with Crippen LogP contribution in [0.1, 0.15) is 48.2 Å². The monoisotopic (exact) mass is 334 g/mol. The van der Waals surface area contributed by atoms with Crippen LogP contribution in [0.25, 0.3) is 0 Å². The molecule has 0 spiro atoms. The second-order valence-electron chi connectivity index (χ2n) is 5.93. The van der Waals surface area contributed by atoms with Gasteiger partial charge in [0.2, 0.25) is 0 Å². The Morgan fingerprint density at radius 2 is 2.05 bits per heavy atom. The van der Waals surface area contributed by atoms with Crippen LogP contribution in [-0.4, -0.2) is 5.60 Å². The molecule has 0 fully saturated rings. The fourth-order valence-electron chi connectivity index (χ4n) is 2.67. The maximum Gasteiger partial charge on any atom is 0.123 e. The summed E-state index contributed by atoms with van der Waals surface area (Å²) in [7, 11) is 0. The third-order valence-electron chi connectivity index (χ3n) is 3.66. The number of aryl methyl sites for hydroxylation is 1. The number of ether oxygens (including phenoxy) is 1. The lowest BCUT2D eigenvalue weighted by molar-refractivity contribution is 0.138. The molecule has 0 saturated heterocycles. The Balaban J connectivity index is 1.88. The Morgan fingerprint density at radius 1 is 1.25 bits per heavy atom. The molecule has 2 aromatic rings. The number of hydrogen-bond acceptors (Lipinski definition) is 2. The van der Waals surface area contributed by atoms with Crippen molar-refractivity contribution in [2.75, 3.05) is 0 Å². The fourth-order valence-corrected chi connectivity index (χ4v) is 3.20. The molecule has 3 rings (SSSR count). The lowest BCUT2D eigenvalue weighted by atomic mass is 9.99. The van der Waals surface area contributed by atoms with Crippen LogP contribution in [0.3, 0.4) is 0 Å². The summed E-state index contributed by atoms with van der Waals surface area (Å²) < 4.78 is 11.7. The van der Waals surface area contributed by atoms with Crippen molar-refractivity contribution in [3.8, 4) is 5.75 Å². The van der Waals surface area contributed by atoms with E-state index in [4.69, 9.17) is 9.15 Å². The standard InChI is InChI=1S/C17H19BrO2/c1-4-13-6-8-15(19-13)16(18)11-5-7-14-12(9-11)10-17(2,3)20-14/h5-9,16H,4,10H2,1-3H3. The number of furan rings is 1. The van der Waals surface area contributed by atoms with Gasteiger partial charge < -0.3 is 9.15 Å². The summed E-state index contributed by atoms with van der Waals surface area (Å²) in [4.78, 5) is 0.0943. The molecule has 0 saturated carbocycles. The zero-order chi connectivity index (χ0) is 14.3. The van der Waals surface area contributed by atoms with Gasteiger partial charge in [-0.05, 0) is 43.2 Å². The summed E-state index contributed by atoms with van der Waals surface area (Å²) in [5.74, 6) is 2.99. The average molecular weight is 335 g/mol. The molecule has 2 heterocycles. The van der Waals surface area contributed by atoms with Crippen LogP contribution in [0.2, 0.25) is 0 Å². The summed E-state index contributed by atoms with van der Waals surface area (Å²) in [6.45, 7) is 6.34. The van der Waals surface area contributed by atoms with Crippen molar-refractivity contribution in [3.63, 3.8) is 0 Å². The smallest absolute Gasteiger partial charge is 0.123 e. The molecule has 1 aliphatic rings. The molecule has 106 valence electrons. The first-order valence-corrected chi connectivity index (χ1v) is 7.94. The Bertz CT molecular complexity index is 628. The molecule has 0 N–H and O–H groups in total. The van der Waals surface area contributed by atoms with Crippen LogP contribution in [0.5, 0.6) is 5.75 Å². The Morgan fingerprint density at radius 3 is 2.75 bits per heavy atom. The van der Waals surface area contributed by atoms with Gasteiger partial charge in [-0.15, -0.1) is 0 Å². The highest BCUT2D eigenvalue weighted by atomic mass is 79.9. The molecule has 1 aromatic heterocycles. The van der Waals surface area contributed by atoms with Gasteiger partial charge in [0.25, 0.3) is 0 Å². The first kappa shape index (κ1) is 13.7. The van der Waals surface area contributed by atoms with E-state index in [1.165, 1.54) is 11.1 Å². The van der Waals surface area contributed by atoms with E-state index in [2.05, 4.69) is 54.9 Å².